The van der Waals surface area contributed by atoms with E-state index in [1.807, 2.05) is 6.92 Å². The van der Waals surface area contributed by atoms with Crippen molar-refractivity contribution in [1.82, 2.24) is 15.2 Å². The summed E-state index contributed by atoms with van der Waals surface area (Å²) >= 11 is 2.54. The van der Waals surface area contributed by atoms with E-state index in [1.165, 1.54) is 41.2 Å². The Bertz CT molecular complexity index is 1510. The van der Waals surface area contributed by atoms with E-state index in [4.69, 9.17) is 4.74 Å². The van der Waals surface area contributed by atoms with Crippen LogP contribution in [0.4, 0.5) is 9.52 Å². The number of aliphatic hydroxyl groups excluding tert-OH is 1. The van der Waals surface area contributed by atoms with Gasteiger partial charge in [-0.25, -0.2) is 4.39 Å². The first kappa shape index (κ1) is 25.6. The molecule has 1 fully saturated rings. The van der Waals surface area contributed by atoms with Crippen LogP contribution in [-0.4, -0.2) is 38.6 Å². The van der Waals surface area contributed by atoms with Gasteiger partial charge in [-0.3, -0.25) is 19.5 Å². The van der Waals surface area contributed by atoms with Crippen molar-refractivity contribution in [1.29, 1.82) is 0 Å². The monoisotopic (exact) mass is 548 g/mol. The van der Waals surface area contributed by atoms with Gasteiger partial charge in [0.1, 0.15) is 17.3 Å². The molecule has 0 spiro atoms. The Hall–Kier alpha value is -4.09. The Morgan fingerprint density at radius 3 is 2.61 bits per heavy atom. The maximum Gasteiger partial charge on any atom is 0.301 e. The number of rotatable bonds is 8. The highest BCUT2D eigenvalue weighted by Gasteiger charge is 2.48. The second-order valence-electron chi connectivity index (χ2n) is 8.18. The highest BCUT2D eigenvalue weighted by atomic mass is 32.2. The second kappa shape index (κ2) is 11.1. The number of aromatic nitrogens is 3. The number of ether oxygens (including phenoxy) is 1. The van der Waals surface area contributed by atoms with Crippen molar-refractivity contribution in [3.05, 3.63) is 101 Å². The molecule has 2 aromatic carbocycles. The van der Waals surface area contributed by atoms with Gasteiger partial charge >= 0.3 is 5.91 Å². The van der Waals surface area contributed by atoms with Crippen molar-refractivity contribution in [2.24, 2.45) is 0 Å². The first-order chi connectivity index (χ1) is 18.5. The summed E-state index contributed by atoms with van der Waals surface area (Å²) in [4.78, 5) is 31.9. The Morgan fingerprint density at radius 1 is 1.11 bits per heavy atom. The molecule has 3 heterocycles. The predicted octanol–water partition coefficient (Wildman–Crippen LogP) is 5.39. The Morgan fingerprint density at radius 2 is 1.87 bits per heavy atom. The molecule has 192 valence electrons. The molecule has 0 aliphatic carbocycles. The molecule has 4 aromatic rings. The van der Waals surface area contributed by atoms with Crippen molar-refractivity contribution >= 4 is 45.7 Å². The first-order valence-electron chi connectivity index (χ1n) is 11.6. The summed E-state index contributed by atoms with van der Waals surface area (Å²) in [6.45, 7) is 2.29. The van der Waals surface area contributed by atoms with Gasteiger partial charge in [-0.15, -0.1) is 10.2 Å². The SMILES string of the molecule is CCOc1cccc(C2/C(=C(\O)c3ccncc3)C(=O)C(=O)N2c2nnc(SCc3ccc(F)cc3)s2)c1. The number of hydrogen-bond donors (Lipinski definition) is 1. The fourth-order valence-corrected chi connectivity index (χ4v) is 5.86. The van der Waals surface area contributed by atoms with E-state index >= 15 is 0 Å². The number of anilines is 1. The summed E-state index contributed by atoms with van der Waals surface area (Å²) in [5.74, 6) is -1.19. The fourth-order valence-electron chi connectivity index (χ4n) is 4.04. The zero-order chi connectivity index (χ0) is 26.6. The van der Waals surface area contributed by atoms with E-state index in [0.29, 0.717) is 33.6 Å². The number of carbonyl (C=O) groups excluding carboxylic acids is 2. The molecule has 1 aliphatic rings. The molecule has 1 aliphatic heterocycles. The second-order valence-corrected chi connectivity index (χ2v) is 10.4. The lowest BCUT2D eigenvalue weighted by Gasteiger charge is -2.23. The van der Waals surface area contributed by atoms with E-state index in [2.05, 4.69) is 15.2 Å². The van der Waals surface area contributed by atoms with Crippen molar-refractivity contribution < 1.29 is 23.8 Å². The minimum Gasteiger partial charge on any atom is -0.507 e. The molecule has 0 saturated carbocycles. The number of Topliss-reactive ketones (excluding diaryl/α,β-unsaturated/α-hetero) is 1. The molecule has 0 radical (unpaired) electrons. The number of nitrogens with zero attached hydrogens (tertiary/aromatic N) is 4. The highest BCUT2D eigenvalue weighted by Crippen LogP contribution is 2.44. The summed E-state index contributed by atoms with van der Waals surface area (Å²) in [5, 5.41) is 19.8. The van der Waals surface area contributed by atoms with Crippen molar-refractivity contribution in [3.8, 4) is 5.75 Å². The van der Waals surface area contributed by atoms with Gasteiger partial charge in [0.15, 0.2) is 4.34 Å². The molecule has 11 heteroatoms. The number of ketones is 1. The first-order valence-corrected chi connectivity index (χ1v) is 13.4. The standard InChI is InChI=1S/C27H21FN4O4S2/c1-2-36-20-5-3-4-18(14-20)22-21(23(33)17-10-12-29-13-11-17)24(34)25(35)32(22)26-30-31-27(38-26)37-15-16-6-8-19(28)9-7-16/h3-14,22,33H,2,15H2,1H3/b23-21+. The van der Waals surface area contributed by atoms with E-state index in [9.17, 15) is 19.1 Å². The zero-order valence-electron chi connectivity index (χ0n) is 20.1. The van der Waals surface area contributed by atoms with Crippen LogP contribution >= 0.6 is 23.1 Å². The lowest BCUT2D eigenvalue weighted by Crippen LogP contribution is -2.29. The molecule has 1 atom stereocenters. The minimum atomic E-state index is -0.952. The summed E-state index contributed by atoms with van der Waals surface area (Å²) in [7, 11) is 0. The van der Waals surface area contributed by atoms with Crippen LogP contribution in [0, 0.1) is 5.82 Å². The number of thioether (sulfide) groups is 1. The number of halogens is 1. The number of hydrogen-bond acceptors (Lipinski definition) is 9. The van der Waals surface area contributed by atoms with Gasteiger partial charge in [-0.2, -0.15) is 0 Å². The Balaban J connectivity index is 1.54. The fraction of sp³-hybridized carbons (Fsp3) is 0.148. The quantitative estimate of drug-likeness (QED) is 0.103. The number of carbonyl (C=O) groups is 2. The average Bonchev–Trinajstić information content (AvgIpc) is 3.51. The number of benzene rings is 2. The predicted molar refractivity (Wildman–Crippen MR) is 143 cm³/mol. The molecule has 2 aromatic heterocycles. The number of amides is 1. The number of pyridine rings is 1. The van der Waals surface area contributed by atoms with E-state index < -0.39 is 17.7 Å². The van der Waals surface area contributed by atoms with Crippen LogP contribution in [0.5, 0.6) is 5.75 Å². The molecular formula is C27H21FN4O4S2. The number of aliphatic hydroxyl groups is 1. The third-order valence-electron chi connectivity index (χ3n) is 5.76. The Labute approximate surface area is 225 Å². The smallest absolute Gasteiger partial charge is 0.301 e. The lowest BCUT2D eigenvalue weighted by molar-refractivity contribution is -0.132. The zero-order valence-corrected chi connectivity index (χ0v) is 21.7. The van der Waals surface area contributed by atoms with Crippen LogP contribution in [0.3, 0.4) is 0 Å². The summed E-state index contributed by atoms with van der Waals surface area (Å²) in [6.07, 6.45) is 2.98. The minimum absolute atomic E-state index is 0.0643. The Kier molecular flexibility index (Phi) is 7.47. The highest BCUT2D eigenvalue weighted by molar-refractivity contribution is 8.00. The van der Waals surface area contributed by atoms with Gasteiger partial charge in [-0.1, -0.05) is 47.4 Å². The lowest BCUT2D eigenvalue weighted by atomic mass is 9.95. The topological polar surface area (TPSA) is 106 Å². The summed E-state index contributed by atoms with van der Waals surface area (Å²) < 4.78 is 19.4. The van der Waals surface area contributed by atoms with Crippen LogP contribution in [-0.2, 0) is 15.3 Å². The van der Waals surface area contributed by atoms with E-state index in [0.717, 1.165) is 16.9 Å². The third kappa shape index (κ3) is 5.15. The maximum atomic E-state index is 13.4. The normalized spacial score (nSPS) is 16.7. The van der Waals surface area contributed by atoms with Crippen LogP contribution in [0.1, 0.15) is 29.7 Å². The molecule has 1 amide bonds. The average molecular weight is 549 g/mol. The summed E-state index contributed by atoms with van der Waals surface area (Å²) in [5.41, 5.74) is 1.77. The third-order valence-corrected chi connectivity index (χ3v) is 7.89. The largest absolute Gasteiger partial charge is 0.507 e. The van der Waals surface area contributed by atoms with Crippen LogP contribution in [0.15, 0.2) is 83.0 Å². The van der Waals surface area contributed by atoms with E-state index in [-0.39, 0.29) is 22.3 Å². The molecule has 8 nitrogen and oxygen atoms in total. The molecule has 1 N–H and O–H groups in total. The van der Waals surface area contributed by atoms with Crippen LogP contribution < -0.4 is 9.64 Å². The van der Waals surface area contributed by atoms with Crippen LogP contribution in [0.25, 0.3) is 5.76 Å². The van der Waals surface area contributed by atoms with Gasteiger partial charge < -0.3 is 9.84 Å². The molecule has 38 heavy (non-hydrogen) atoms. The van der Waals surface area contributed by atoms with Gasteiger partial charge in [-0.05, 0) is 54.4 Å². The van der Waals surface area contributed by atoms with Crippen LogP contribution in [0.2, 0.25) is 0 Å². The molecule has 1 unspecified atom stereocenters. The molecular weight excluding hydrogens is 527 g/mol. The van der Waals surface area contributed by atoms with Crippen molar-refractivity contribution in [2.75, 3.05) is 11.5 Å². The molecule has 1 saturated heterocycles. The molecule has 5 rings (SSSR count). The summed E-state index contributed by atoms with van der Waals surface area (Å²) in [6, 6.07) is 15.4. The van der Waals surface area contributed by atoms with Gasteiger partial charge in [0.05, 0.1) is 18.2 Å². The molecule has 0 bridgehead atoms. The van der Waals surface area contributed by atoms with Gasteiger partial charge in [0, 0.05) is 23.7 Å². The maximum absolute atomic E-state index is 13.4. The van der Waals surface area contributed by atoms with Crippen molar-refractivity contribution in [2.45, 2.75) is 23.1 Å². The van der Waals surface area contributed by atoms with Gasteiger partial charge in [0.25, 0.3) is 5.78 Å². The van der Waals surface area contributed by atoms with Crippen molar-refractivity contribution in [3.63, 3.8) is 0 Å². The van der Waals surface area contributed by atoms with Gasteiger partial charge in [0.2, 0.25) is 5.13 Å². The van der Waals surface area contributed by atoms with E-state index in [1.54, 1.807) is 48.5 Å².